The van der Waals surface area contributed by atoms with Crippen LogP contribution in [0, 0.1) is 5.82 Å². The minimum Gasteiger partial charge on any atom is -0.337 e. The van der Waals surface area contributed by atoms with Gasteiger partial charge in [-0.1, -0.05) is 17.3 Å². The Balaban J connectivity index is 2.18. The highest BCUT2D eigenvalue weighted by molar-refractivity contribution is 7.98. The van der Waals surface area contributed by atoms with Gasteiger partial charge in [0.05, 0.1) is 11.6 Å². The Morgan fingerprint density at radius 3 is 2.94 bits per heavy atom. The molecule has 0 unspecified atom stereocenters. The molecule has 0 amide bonds. The second kappa shape index (κ2) is 5.97. The summed E-state index contributed by atoms with van der Waals surface area (Å²) < 4.78 is 18.6. The fourth-order valence-corrected chi connectivity index (χ4v) is 2.00. The fourth-order valence-electron chi connectivity index (χ4n) is 1.51. The largest absolute Gasteiger partial charge is 0.337 e. The van der Waals surface area contributed by atoms with Crippen LogP contribution in [-0.2, 0) is 0 Å². The van der Waals surface area contributed by atoms with Crippen LogP contribution >= 0.6 is 11.8 Å². The van der Waals surface area contributed by atoms with Crippen LogP contribution in [0.5, 0.6) is 0 Å². The van der Waals surface area contributed by atoms with Crippen molar-refractivity contribution >= 4 is 11.8 Å². The summed E-state index contributed by atoms with van der Waals surface area (Å²) in [6.07, 6.45) is 2.76. The fraction of sp³-hybridized carbons (Fsp3) is 0.333. The Hall–Kier alpha value is -1.40. The zero-order valence-corrected chi connectivity index (χ0v) is 10.8. The number of nitrogens with zero attached hydrogens (tertiary/aromatic N) is 2. The highest BCUT2D eigenvalue weighted by Gasteiger charge is 2.16. The average Bonchev–Trinajstić information content (AvgIpc) is 2.86. The number of thioether (sulfide) groups is 1. The molecule has 0 bridgehead atoms. The van der Waals surface area contributed by atoms with E-state index < -0.39 is 0 Å². The SMILES string of the molecule is CSCC[C@@H](N)c1nc(-c2ccccc2F)no1. The summed E-state index contributed by atoms with van der Waals surface area (Å²) in [5, 5.41) is 3.76. The lowest BCUT2D eigenvalue weighted by atomic mass is 10.2. The van der Waals surface area contributed by atoms with Gasteiger partial charge in [0, 0.05) is 0 Å². The third-order valence-corrected chi connectivity index (χ3v) is 3.15. The van der Waals surface area contributed by atoms with Crippen LogP contribution in [0.2, 0.25) is 0 Å². The first kappa shape index (κ1) is 13.0. The minimum absolute atomic E-state index is 0.239. The molecule has 6 heteroatoms. The number of hydrogen-bond acceptors (Lipinski definition) is 5. The van der Waals surface area contributed by atoms with Gasteiger partial charge in [0.15, 0.2) is 0 Å². The van der Waals surface area contributed by atoms with E-state index in [9.17, 15) is 4.39 Å². The van der Waals surface area contributed by atoms with Crippen LogP contribution in [0.3, 0.4) is 0 Å². The Labute approximate surface area is 109 Å². The number of hydrogen-bond donors (Lipinski definition) is 1. The van der Waals surface area contributed by atoms with Crippen molar-refractivity contribution in [1.82, 2.24) is 10.1 Å². The number of aromatic nitrogens is 2. The monoisotopic (exact) mass is 267 g/mol. The van der Waals surface area contributed by atoms with Crippen molar-refractivity contribution in [2.75, 3.05) is 12.0 Å². The number of nitrogens with two attached hydrogens (primary N) is 1. The van der Waals surface area contributed by atoms with Gasteiger partial charge in [-0.15, -0.1) is 0 Å². The van der Waals surface area contributed by atoms with Crippen LogP contribution in [-0.4, -0.2) is 22.1 Å². The molecule has 96 valence electrons. The van der Waals surface area contributed by atoms with Gasteiger partial charge in [-0.05, 0) is 30.6 Å². The van der Waals surface area contributed by atoms with Crippen molar-refractivity contribution in [2.24, 2.45) is 5.73 Å². The van der Waals surface area contributed by atoms with Crippen molar-refractivity contribution in [3.05, 3.63) is 36.0 Å². The van der Waals surface area contributed by atoms with Crippen molar-refractivity contribution in [3.8, 4) is 11.4 Å². The van der Waals surface area contributed by atoms with E-state index in [0.717, 1.165) is 12.2 Å². The zero-order chi connectivity index (χ0) is 13.0. The Morgan fingerprint density at radius 2 is 2.22 bits per heavy atom. The van der Waals surface area contributed by atoms with Crippen molar-refractivity contribution < 1.29 is 8.91 Å². The lowest BCUT2D eigenvalue weighted by Crippen LogP contribution is -2.11. The van der Waals surface area contributed by atoms with Gasteiger partial charge < -0.3 is 10.3 Å². The zero-order valence-electron chi connectivity index (χ0n) is 9.97. The van der Waals surface area contributed by atoms with Crippen molar-refractivity contribution in [2.45, 2.75) is 12.5 Å². The second-order valence-electron chi connectivity index (χ2n) is 3.82. The molecule has 0 spiro atoms. The molecule has 18 heavy (non-hydrogen) atoms. The van der Waals surface area contributed by atoms with Crippen LogP contribution in [0.25, 0.3) is 11.4 Å². The molecular formula is C12H14FN3OS. The molecule has 1 aromatic heterocycles. The number of rotatable bonds is 5. The molecule has 2 N–H and O–H groups in total. The molecule has 0 fully saturated rings. The van der Waals surface area contributed by atoms with Gasteiger partial charge in [-0.3, -0.25) is 0 Å². The first-order valence-electron chi connectivity index (χ1n) is 5.55. The second-order valence-corrected chi connectivity index (χ2v) is 4.81. The van der Waals surface area contributed by atoms with Crippen molar-refractivity contribution in [1.29, 1.82) is 0 Å². The lowest BCUT2D eigenvalue weighted by molar-refractivity contribution is 0.353. The van der Waals surface area contributed by atoms with E-state index in [2.05, 4.69) is 10.1 Å². The van der Waals surface area contributed by atoms with E-state index in [4.69, 9.17) is 10.3 Å². The average molecular weight is 267 g/mol. The van der Waals surface area contributed by atoms with Gasteiger partial charge in [0.1, 0.15) is 5.82 Å². The van der Waals surface area contributed by atoms with Crippen molar-refractivity contribution in [3.63, 3.8) is 0 Å². The molecule has 0 radical (unpaired) electrons. The van der Waals surface area contributed by atoms with Crippen LogP contribution in [0.15, 0.2) is 28.8 Å². The van der Waals surface area contributed by atoms with Gasteiger partial charge in [-0.25, -0.2) is 4.39 Å². The van der Waals surface area contributed by atoms with E-state index in [1.807, 2.05) is 6.26 Å². The van der Waals surface area contributed by atoms with E-state index in [1.165, 1.54) is 6.07 Å². The molecule has 1 heterocycles. The molecule has 1 atom stereocenters. The Bertz CT molecular complexity index is 518. The lowest BCUT2D eigenvalue weighted by Gasteiger charge is -2.03. The molecule has 4 nitrogen and oxygen atoms in total. The van der Waals surface area contributed by atoms with E-state index in [-0.39, 0.29) is 17.7 Å². The standard InChI is InChI=1S/C12H14FN3OS/c1-18-7-6-10(14)12-15-11(16-17-12)8-4-2-3-5-9(8)13/h2-5,10H,6-7,14H2,1H3/t10-/m1/s1. The molecule has 0 aliphatic rings. The quantitative estimate of drug-likeness (QED) is 0.902. The van der Waals surface area contributed by atoms with Gasteiger partial charge in [0.2, 0.25) is 11.7 Å². The molecule has 0 aliphatic carbocycles. The molecule has 0 saturated heterocycles. The maximum Gasteiger partial charge on any atom is 0.243 e. The van der Waals surface area contributed by atoms with E-state index >= 15 is 0 Å². The number of halogens is 1. The topological polar surface area (TPSA) is 64.9 Å². The highest BCUT2D eigenvalue weighted by Crippen LogP contribution is 2.22. The van der Waals surface area contributed by atoms with Gasteiger partial charge in [0.25, 0.3) is 0 Å². The summed E-state index contributed by atoms with van der Waals surface area (Å²) in [5.41, 5.74) is 6.23. The third-order valence-electron chi connectivity index (χ3n) is 2.51. The summed E-state index contributed by atoms with van der Waals surface area (Å²) in [6, 6.07) is 6.01. The Morgan fingerprint density at radius 1 is 1.44 bits per heavy atom. The maximum atomic E-state index is 13.5. The van der Waals surface area contributed by atoms with E-state index in [1.54, 1.807) is 30.0 Å². The molecular weight excluding hydrogens is 253 g/mol. The first-order chi connectivity index (χ1) is 8.72. The summed E-state index contributed by atoms with van der Waals surface area (Å²) in [6.45, 7) is 0. The molecule has 2 rings (SSSR count). The molecule has 1 aromatic carbocycles. The van der Waals surface area contributed by atoms with Crippen LogP contribution in [0.1, 0.15) is 18.4 Å². The maximum absolute atomic E-state index is 13.5. The van der Waals surface area contributed by atoms with Gasteiger partial charge >= 0.3 is 0 Å². The van der Waals surface area contributed by atoms with Gasteiger partial charge in [-0.2, -0.15) is 16.7 Å². The minimum atomic E-state index is -0.373. The number of benzene rings is 1. The van der Waals surface area contributed by atoms with Crippen LogP contribution in [0.4, 0.5) is 4.39 Å². The Kier molecular flexibility index (Phi) is 4.33. The first-order valence-corrected chi connectivity index (χ1v) is 6.94. The highest BCUT2D eigenvalue weighted by atomic mass is 32.2. The predicted molar refractivity (Wildman–Crippen MR) is 69.6 cm³/mol. The summed E-state index contributed by atoms with van der Waals surface area (Å²) >= 11 is 1.70. The van der Waals surface area contributed by atoms with E-state index in [0.29, 0.717) is 11.5 Å². The molecule has 2 aromatic rings. The summed E-state index contributed by atoms with van der Waals surface area (Å²) in [4.78, 5) is 4.14. The molecule has 0 aliphatic heterocycles. The molecule has 0 saturated carbocycles. The predicted octanol–water partition coefficient (Wildman–Crippen LogP) is 2.63. The van der Waals surface area contributed by atoms with Crippen LogP contribution < -0.4 is 5.73 Å². The normalized spacial score (nSPS) is 12.6. The smallest absolute Gasteiger partial charge is 0.243 e. The summed E-state index contributed by atoms with van der Waals surface area (Å²) in [7, 11) is 0. The summed E-state index contributed by atoms with van der Waals surface area (Å²) in [5.74, 6) is 1.13. The third kappa shape index (κ3) is 2.88.